The molecule has 3 rings (SSSR count). The van der Waals surface area contributed by atoms with Gasteiger partial charge in [0.1, 0.15) is 0 Å². The van der Waals surface area contributed by atoms with Crippen LogP contribution in [0.15, 0.2) is 23.2 Å². The van der Waals surface area contributed by atoms with E-state index in [0.717, 1.165) is 38.9 Å². The van der Waals surface area contributed by atoms with Crippen LogP contribution < -0.4 is 0 Å². The molecule has 0 aromatic heterocycles. The van der Waals surface area contributed by atoms with E-state index in [1.807, 2.05) is 0 Å². The predicted molar refractivity (Wildman–Crippen MR) is 85.0 cm³/mol. The maximum absolute atomic E-state index is 6.35. The zero-order chi connectivity index (χ0) is 15.1. The van der Waals surface area contributed by atoms with Gasteiger partial charge in [-0.1, -0.05) is 19.1 Å². The first-order chi connectivity index (χ1) is 9.90. The second kappa shape index (κ2) is 5.56. The lowest BCUT2D eigenvalue weighted by atomic mass is 9.61. The Balaban J connectivity index is 1.80. The molecular weight excluding hydrogens is 263 g/mol. The van der Waals surface area contributed by atoms with Gasteiger partial charge in [0.15, 0.2) is 0 Å². The summed E-state index contributed by atoms with van der Waals surface area (Å²) in [6, 6.07) is 0. The van der Waals surface area contributed by atoms with Gasteiger partial charge in [-0.2, -0.15) is 0 Å². The van der Waals surface area contributed by atoms with Crippen molar-refractivity contribution in [1.82, 2.24) is 0 Å². The van der Waals surface area contributed by atoms with Crippen molar-refractivity contribution in [3.8, 4) is 0 Å². The van der Waals surface area contributed by atoms with E-state index in [9.17, 15) is 0 Å². The van der Waals surface area contributed by atoms with Gasteiger partial charge in [-0.25, -0.2) is 0 Å². The molecule has 0 aromatic rings. The van der Waals surface area contributed by atoms with E-state index in [4.69, 9.17) is 14.0 Å². The van der Waals surface area contributed by atoms with Gasteiger partial charge < -0.3 is 14.0 Å². The fourth-order valence-corrected chi connectivity index (χ4v) is 3.77. The maximum atomic E-state index is 6.35. The van der Waals surface area contributed by atoms with Crippen LogP contribution in [0, 0.1) is 5.41 Å². The van der Waals surface area contributed by atoms with Crippen molar-refractivity contribution >= 4 is 7.12 Å². The van der Waals surface area contributed by atoms with Crippen LogP contribution in [0.1, 0.15) is 53.4 Å². The van der Waals surface area contributed by atoms with Gasteiger partial charge in [0.05, 0.1) is 11.7 Å². The normalized spacial score (nSPS) is 33.5. The van der Waals surface area contributed by atoms with E-state index in [0.29, 0.717) is 0 Å². The number of allylic oxidation sites excluding steroid dienone is 2. The van der Waals surface area contributed by atoms with Crippen LogP contribution in [0.5, 0.6) is 0 Å². The molecule has 1 saturated heterocycles. The highest BCUT2D eigenvalue weighted by Crippen LogP contribution is 2.51. The van der Waals surface area contributed by atoms with Crippen molar-refractivity contribution in [3.63, 3.8) is 0 Å². The molecule has 0 aromatic carbocycles. The lowest BCUT2D eigenvalue weighted by Crippen LogP contribution is -2.42. The Morgan fingerprint density at radius 1 is 1.24 bits per heavy atom. The van der Waals surface area contributed by atoms with Crippen LogP contribution in [-0.4, -0.2) is 32.0 Å². The quantitative estimate of drug-likeness (QED) is 0.726. The van der Waals surface area contributed by atoms with E-state index < -0.39 is 0 Å². The number of rotatable bonds is 2. The first kappa shape index (κ1) is 15.3. The van der Waals surface area contributed by atoms with Crippen molar-refractivity contribution < 1.29 is 14.0 Å². The van der Waals surface area contributed by atoms with E-state index in [1.54, 1.807) is 0 Å². The SMILES string of the molecule is CC(C)(C)O[C@H]1CC=C2C(B3OCCCO3)=CCC[C@@]21C. The lowest BCUT2D eigenvalue weighted by molar-refractivity contribution is -0.0977. The largest absolute Gasteiger partial charge is 0.493 e. The van der Waals surface area contributed by atoms with Gasteiger partial charge in [0.25, 0.3) is 0 Å². The molecule has 4 heteroatoms. The molecule has 1 aliphatic heterocycles. The first-order valence-corrected chi connectivity index (χ1v) is 8.22. The molecule has 0 unspecified atom stereocenters. The summed E-state index contributed by atoms with van der Waals surface area (Å²) in [7, 11) is -0.169. The van der Waals surface area contributed by atoms with Crippen LogP contribution >= 0.6 is 0 Å². The van der Waals surface area contributed by atoms with Crippen LogP contribution in [0.3, 0.4) is 0 Å². The lowest BCUT2D eigenvalue weighted by Gasteiger charge is -2.41. The third-order valence-corrected chi connectivity index (χ3v) is 4.78. The second-order valence-electron chi connectivity index (χ2n) is 7.62. The summed E-state index contributed by atoms with van der Waals surface area (Å²) < 4.78 is 18.0. The highest BCUT2D eigenvalue weighted by Gasteiger charge is 2.48. The fraction of sp³-hybridized carbons (Fsp3) is 0.765. The molecule has 3 nitrogen and oxygen atoms in total. The molecule has 1 heterocycles. The molecule has 3 aliphatic rings. The highest BCUT2D eigenvalue weighted by molar-refractivity contribution is 6.55. The van der Waals surface area contributed by atoms with Gasteiger partial charge in [-0.05, 0) is 57.5 Å². The van der Waals surface area contributed by atoms with Gasteiger partial charge in [0.2, 0.25) is 0 Å². The van der Waals surface area contributed by atoms with Crippen LogP contribution in [0.4, 0.5) is 0 Å². The third kappa shape index (κ3) is 2.99. The molecule has 116 valence electrons. The number of fused-ring (bicyclic) bond motifs is 1. The average molecular weight is 290 g/mol. The number of hydrogen-bond donors (Lipinski definition) is 0. The maximum Gasteiger partial charge on any atom is 0.493 e. The first-order valence-electron chi connectivity index (χ1n) is 8.22. The topological polar surface area (TPSA) is 27.7 Å². The summed E-state index contributed by atoms with van der Waals surface area (Å²) >= 11 is 0. The van der Waals surface area contributed by atoms with E-state index in [-0.39, 0.29) is 24.2 Å². The van der Waals surface area contributed by atoms with Crippen LogP contribution in [0.2, 0.25) is 0 Å². The molecule has 0 N–H and O–H groups in total. The van der Waals surface area contributed by atoms with E-state index in [2.05, 4.69) is 39.8 Å². The van der Waals surface area contributed by atoms with Crippen molar-refractivity contribution in [2.24, 2.45) is 5.41 Å². The summed E-state index contributed by atoms with van der Waals surface area (Å²) in [6.07, 6.45) is 9.14. The Morgan fingerprint density at radius 3 is 2.62 bits per heavy atom. The van der Waals surface area contributed by atoms with E-state index >= 15 is 0 Å². The molecular formula is C17H27BO3. The summed E-state index contributed by atoms with van der Waals surface area (Å²) in [6.45, 7) is 10.4. The van der Waals surface area contributed by atoms with Gasteiger partial charge in [0, 0.05) is 18.6 Å². The number of hydrogen-bond acceptors (Lipinski definition) is 3. The smallest absolute Gasteiger partial charge is 0.407 e. The zero-order valence-electron chi connectivity index (χ0n) is 13.8. The average Bonchev–Trinajstić information content (AvgIpc) is 2.75. The van der Waals surface area contributed by atoms with Gasteiger partial charge >= 0.3 is 7.12 Å². The molecule has 0 radical (unpaired) electrons. The Morgan fingerprint density at radius 2 is 1.95 bits per heavy atom. The van der Waals surface area contributed by atoms with Gasteiger partial charge in [-0.15, -0.1) is 0 Å². The van der Waals surface area contributed by atoms with Crippen LogP contribution in [0.25, 0.3) is 0 Å². The minimum Gasteiger partial charge on any atom is -0.407 e. The Bertz CT molecular complexity index is 457. The Hall–Kier alpha value is -0.575. The Kier molecular flexibility index (Phi) is 4.06. The summed E-state index contributed by atoms with van der Waals surface area (Å²) in [5.41, 5.74) is 2.65. The second-order valence-corrected chi connectivity index (χ2v) is 7.62. The molecule has 2 aliphatic carbocycles. The van der Waals surface area contributed by atoms with Crippen molar-refractivity contribution in [2.75, 3.05) is 13.2 Å². The molecule has 0 spiro atoms. The predicted octanol–water partition coefficient (Wildman–Crippen LogP) is 3.69. The summed E-state index contributed by atoms with van der Waals surface area (Å²) in [5.74, 6) is 0. The monoisotopic (exact) mass is 290 g/mol. The highest BCUT2D eigenvalue weighted by atomic mass is 16.6. The molecule has 0 amide bonds. The molecule has 0 saturated carbocycles. The Labute approximate surface area is 128 Å². The van der Waals surface area contributed by atoms with Crippen molar-refractivity contribution in [2.45, 2.75) is 65.1 Å². The van der Waals surface area contributed by atoms with E-state index in [1.165, 1.54) is 11.0 Å². The van der Waals surface area contributed by atoms with Gasteiger partial charge in [-0.3, -0.25) is 0 Å². The van der Waals surface area contributed by atoms with Crippen molar-refractivity contribution in [3.05, 3.63) is 23.2 Å². The molecule has 0 bridgehead atoms. The van der Waals surface area contributed by atoms with Crippen molar-refractivity contribution in [1.29, 1.82) is 0 Å². The summed E-state index contributed by atoms with van der Waals surface area (Å²) in [5, 5.41) is 0. The fourth-order valence-electron chi connectivity index (χ4n) is 3.77. The summed E-state index contributed by atoms with van der Waals surface area (Å²) in [4.78, 5) is 0. The molecule has 2 atom stereocenters. The molecule has 21 heavy (non-hydrogen) atoms. The molecule has 1 fully saturated rings. The number of ether oxygens (including phenoxy) is 1. The minimum atomic E-state index is -0.169. The zero-order valence-corrected chi connectivity index (χ0v) is 13.8. The minimum absolute atomic E-state index is 0.0987. The third-order valence-electron chi connectivity index (χ3n) is 4.78. The van der Waals surface area contributed by atoms with Crippen LogP contribution in [-0.2, 0) is 14.0 Å². The standard InChI is InChI=1S/C17H27BO3/c1-16(2,3)21-15-9-8-13-14(7-5-10-17(13,15)4)18-19-11-6-12-20-18/h7-8,15H,5-6,9-12H2,1-4H3/t15-,17-/m0/s1.